The molecule has 26 heavy (non-hydrogen) atoms. The van der Waals surface area contributed by atoms with Crippen LogP contribution in [-0.2, 0) is 16.6 Å². The van der Waals surface area contributed by atoms with Crippen LogP contribution in [0.3, 0.4) is 0 Å². The molecule has 0 aliphatic carbocycles. The topological polar surface area (TPSA) is 66.4 Å². The molecule has 0 atom stereocenters. The van der Waals surface area contributed by atoms with Crippen LogP contribution in [0.15, 0.2) is 47.4 Å². The second kappa shape index (κ2) is 7.21. The predicted molar refractivity (Wildman–Crippen MR) is 103 cm³/mol. The molecule has 3 aromatic rings. The maximum absolute atomic E-state index is 13.0. The Morgan fingerprint density at radius 2 is 1.77 bits per heavy atom. The number of hydrogen-bond acceptors (Lipinski definition) is 6. The third kappa shape index (κ3) is 3.35. The smallest absolute Gasteiger partial charge is 0.245 e. The lowest BCUT2D eigenvalue weighted by Gasteiger charge is -2.34. The van der Waals surface area contributed by atoms with Crippen molar-refractivity contribution in [2.45, 2.75) is 11.4 Å². The Bertz CT molecular complexity index is 1030. The molecule has 0 spiro atoms. The molecule has 6 nitrogen and oxygen atoms in total. The Hall–Kier alpha value is -1.58. The first-order valence-electron chi connectivity index (χ1n) is 8.23. The van der Waals surface area contributed by atoms with E-state index in [2.05, 4.69) is 13.6 Å². The molecule has 0 bridgehead atoms. The van der Waals surface area contributed by atoms with Gasteiger partial charge in [0.1, 0.15) is 15.9 Å². The number of sulfonamides is 1. The monoisotopic (exact) mass is 408 g/mol. The number of halogens is 1. The average molecular weight is 409 g/mol. The SMILES string of the molecule is O=S(=O)(c1cccc2nsnc12)N1CCN(Cc2ccccc2Cl)CC1. The molecular formula is C17H17ClN4O2S2. The lowest BCUT2D eigenvalue weighted by molar-refractivity contribution is 0.181. The minimum Gasteiger partial charge on any atom is -0.296 e. The molecule has 2 aromatic carbocycles. The van der Waals surface area contributed by atoms with Crippen molar-refractivity contribution in [1.29, 1.82) is 0 Å². The minimum atomic E-state index is -3.58. The number of hydrogen-bond donors (Lipinski definition) is 0. The largest absolute Gasteiger partial charge is 0.296 e. The normalized spacial score (nSPS) is 17.0. The van der Waals surface area contributed by atoms with Crippen LogP contribution in [0.25, 0.3) is 11.0 Å². The van der Waals surface area contributed by atoms with Gasteiger partial charge >= 0.3 is 0 Å². The summed E-state index contributed by atoms with van der Waals surface area (Å²) in [5.41, 5.74) is 2.13. The molecule has 0 radical (unpaired) electrons. The van der Waals surface area contributed by atoms with Crippen LogP contribution in [-0.4, -0.2) is 52.5 Å². The third-order valence-corrected chi connectivity index (χ3v) is 7.39. The van der Waals surface area contributed by atoms with Crippen molar-refractivity contribution < 1.29 is 8.42 Å². The summed E-state index contributed by atoms with van der Waals surface area (Å²) in [6.07, 6.45) is 0. The molecule has 2 heterocycles. The van der Waals surface area contributed by atoms with E-state index in [1.807, 2.05) is 24.3 Å². The van der Waals surface area contributed by atoms with Crippen molar-refractivity contribution in [3.05, 3.63) is 53.1 Å². The summed E-state index contributed by atoms with van der Waals surface area (Å²) in [6.45, 7) is 2.94. The van der Waals surface area contributed by atoms with Crippen molar-refractivity contribution in [3.8, 4) is 0 Å². The fourth-order valence-corrected chi connectivity index (χ4v) is 5.49. The van der Waals surface area contributed by atoms with Crippen LogP contribution in [0.1, 0.15) is 5.56 Å². The summed E-state index contributed by atoms with van der Waals surface area (Å²) < 4.78 is 35.9. The molecule has 4 rings (SSSR count). The lowest BCUT2D eigenvalue weighted by atomic mass is 10.2. The standard InChI is InChI=1S/C17H17ClN4O2S2/c18-14-5-2-1-4-13(14)12-21-8-10-22(11-9-21)26(23,24)16-7-3-6-15-17(16)20-25-19-15/h1-7H,8-12H2. The fraction of sp³-hybridized carbons (Fsp3) is 0.294. The molecule has 0 N–H and O–H groups in total. The second-order valence-electron chi connectivity index (χ2n) is 6.16. The molecule has 0 saturated carbocycles. The van der Waals surface area contributed by atoms with E-state index >= 15 is 0 Å². The number of fused-ring (bicyclic) bond motifs is 1. The summed E-state index contributed by atoms with van der Waals surface area (Å²) in [4.78, 5) is 2.46. The number of aromatic nitrogens is 2. The van der Waals surface area contributed by atoms with Crippen molar-refractivity contribution in [3.63, 3.8) is 0 Å². The van der Waals surface area contributed by atoms with E-state index in [0.29, 0.717) is 37.2 Å². The van der Waals surface area contributed by atoms with Gasteiger partial charge in [0.2, 0.25) is 10.0 Å². The summed E-state index contributed by atoms with van der Waals surface area (Å²) in [5.74, 6) is 0. The van der Waals surface area contributed by atoms with Crippen LogP contribution < -0.4 is 0 Å². The van der Waals surface area contributed by atoms with Crippen molar-refractivity contribution in [1.82, 2.24) is 18.0 Å². The zero-order chi connectivity index (χ0) is 18.1. The molecule has 0 unspecified atom stereocenters. The van der Waals surface area contributed by atoms with Crippen LogP contribution in [0, 0.1) is 0 Å². The van der Waals surface area contributed by atoms with Gasteiger partial charge in [-0.25, -0.2) is 8.42 Å². The summed E-state index contributed by atoms with van der Waals surface area (Å²) in [7, 11) is -3.58. The van der Waals surface area contributed by atoms with E-state index < -0.39 is 10.0 Å². The van der Waals surface area contributed by atoms with Gasteiger partial charge in [0, 0.05) is 37.7 Å². The van der Waals surface area contributed by atoms with E-state index in [1.165, 1.54) is 4.31 Å². The number of benzene rings is 2. The van der Waals surface area contributed by atoms with Gasteiger partial charge in [-0.05, 0) is 23.8 Å². The van der Waals surface area contributed by atoms with Crippen LogP contribution in [0.5, 0.6) is 0 Å². The van der Waals surface area contributed by atoms with Gasteiger partial charge in [-0.3, -0.25) is 4.90 Å². The van der Waals surface area contributed by atoms with Gasteiger partial charge in [-0.2, -0.15) is 13.1 Å². The highest BCUT2D eigenvalue weighted by Crippen LogP contribution is 2.25. The summed E-state index contributed by atoms with van der Waals surface area (Å²) >= 11 is 7.25. The number of piperazine rings is 1. The van der Waals surface area contributed by atoms with Crippen molar-refractivity contribution >= 4 is 44.4 Å². The highest BCUT2D eigenvalue weighted by atomic mass is 35.5. The van der Waals surface area contributed by atoms with E-state index in [0.717, 1.165) is 28.9 Å². The molecular weight excluding hydrogens is 392 g/mol. The van der Waals surface area contributed by atoms with E-state index in [9.17, 15) is 8.42 Å². The van der Waals surface area contributed by atoms with E-state index in [-0.39, 0.29) is 4.90 Å². The van der Waals surface area contributed by atoms with Crippen LogP contribution >= 0.6 is 23.3 Å². The Kier molecular flexibility index (Phi) is 4.94. The van der Waals surface area contributed by atoms with Crippen LogP contribution in [0.4, 0.5) is 0 Å². The Morgan fingerprint density at radius 1 is 1.00 bits per heavy atom. The fourth-order valence-electron chi connectivity index (χ4n) is 3.12. The molecule has 1 fully saturated rings. The molecule has 9 heteroatoms. The van der Waals surface area contributed by atoms with Gasteiger partial charge < -0.3 is 0 Å². The molecule has 1 aliphatic rings. The van der Waals surface area contributed by atoms with Crippen LogP contribution in [0.2, 0.25) is 5.02 Å². The minimum absolute atomic E-state index is 0.239. The molecule has 1 aromatic heterocycles. The zero-order valence-electron chi connectivity index (χ0n) is 13.9. The Morgan fingerprint density at radius 3 is 2.54 bits per heavy atom. The Balaban J connectivity index is 1.49. The average Bonchev–Trinajstić information content (AvgIpc) is 3.13. The lowest BCUT2D eigenvalue weighted by Crippen LogP contribution is -2.48. The highest BCUT2D eigenvalue weighted by Gasteiger charge is 2.30. The van der Waals surface area contributed by atoms with Crippen molar-refractivity contribution in [2.75, 3.05) is 26.2 Å². The summed E-state index contributed by atoms with van der Waals surface area (Å²) in [6, 6.07) is 12.8. The third-order valence-electron chi connectivity index (χ3n) is 4.55. The zero-order valence-corrected chi connectivity index (χ0v) is 16.3. The highest BCUT2D eigenvalue weighted by molar-refractivity contribution is 7.89. The number of rotatable bonds is 4. The van der Waals surface area contributed by atoms with Crippen molar-refractivity contribution in [2.24, 2.45) is 0 Å². The van der Waals surface area contributed by atoms with E-state index in [1.54, 1.807) is 18.2 Å². The Labute approximate surface area is 161 Å². The van der Waals surface area contributed by atoms with Gasteiger partial charge in [0.15, 0.2) is 0 Å². The second-order valence-corrected chi connectivity index (χ2v) is 9.00. The van der Waals surface area contributed by atoms with E-state index in [4.69, 9.17) is 11.6 Å². The van der Waals surface area contributed by atoms with Gasteiger partial charge in [0.25, 0.3) is 0 Å². The number of nitrogens with zero attached hydrogens (tertiary/aromatic N) is 4. The molecule has 1 saturated heterocycles. The molecule has 0 amide bonds. The maximum atomic E-state index is 13.0. The van der Waals surface area contributed by atoms with Gasteiger partial charge in [-0.15, -0.1) is 0 Å². The first kappa shape index (κ1) is 17.8. The van der Waals surface area contributed by atoms with Gasteiger partial charge in [-0.1, -0.05) is 35.9 Å². The maximum Gasteiger partial charge on any atom is 0.245 e. The quantitative estimate of drug-likeness (QED) is 0.664. The van der Waals surface area contributed by atoms with Gasteiger partial charge in [0.05, 0.1) is 11.7 Å². The summed E-state index contributed by atoms with van der Waals surface area (Å²) in [5, 5.41) is 0.741. The predicted octanol–water partition coefficient (Wildman–Crippen LogP) is 2.85. The molecule has 136 valence electrons. The first-order chi connectivity index (χ1) is 12.6. The molecule has 1 aliphatic heterocycles. The first-order valence-corrected chi connectivity index (χ1v) is 10.8.